The lowest BCUT2D eigenvalue weighted by Gasteiger charge is -2.24. The van der Waals surface area contributed by atoms with E-state index in [9.17, 15) is 26.7 Å². The first kappa shape index (κ1) is 31.2. The van der Waals surface area contributed by atoms with Crippen LogP contribution in [0.2, 0.25) is 5.02 Å². The summed E-state index contributed by atoms with van der Waals surface area (Å²) >= 11 is 5.90. The van der Waals surface area contributed by atoms with Crippen molar-refractivity contribution < 1.29 is 31.5 Å². The fraction of sp³-hybridized carbons (Fsp3) is 0.391. The highest BCUT2D eigenvalue weighted by Crippen LogP contribution is 2.26. The van der Waals surface area contributed by atoms with E-state index in [2.05, 4.69) is 20.9 Å². The summed E-state index contributed by atoms with van der Waals surface area (Å²) < 4.78 is 73.0. The van der Waals surface area contributed by atoms with E-state index in [1.54, 1.807) is 0 Å². The lowest BCUT2D eigenvalue weighted by molar-refractivity contribution is -0.164. The summed E-state index contributed by atoms with van der Waals surface area (Å²) in [5, 5.41) is 7.68. The van der Waals surface area contributed by atoms with Crippen LogP contribution in [-0.4, -0.2) is 51.0 Å². The molecule has 38 heavy (non-hydrogen) atoms. The molecule has 0 aliphatic carbocycles. The SMILES string of the molecule is CNCC(C(=O)/N=C(/Nc1cc(Cl)ccc1F)NC(N)CC(N)c1ccc(OC)c(F)c1)C(N)C(F)(F)F. The zero-order valence-corrected chi connectivity index (χ0v) is 21.2. The van der Waals surface area contributed by atoms with Crippen molar-refractivity contribution in [2.45, 2.75) is 30.8 Å². The summed E-state index contributed by atoms with van der Waals surface area (Å²) in [5.74, 6) is -4.97. The first-order valence-corrected chi connectivity index (χ1v) is 11.6. The summed E-state index contributed by atoms with van der Waals surface area (Å²) in [5.41, 5.74) is 17.6. The van der Waals surface area contributed by atoms with E-state index in [1.165, 1.54) is 38.4 Å². The van der Waals surface area contributed by atoms with Crippen LogP contribution in [0, 0.1) is 17.6 Å². The zero-order chi connectivity index (χ0) is 28.6. The molecule has 9 nitrogen and oxygen atoms in total. The van der Waals surface area contributed by atoms with E-state index < -0.39 is 60.4 Å². The molecule has 0 aliphatic rings. The van der Waals surface area contributed by atoms with Gasteiger partial charge in [-0.25, -0.2) is 8.78 Å². The lowest BCUT2D eigenvalue weighted by atomic mass is 9.99. The third-order valence-corrected chi connectivity index (χ3v) is 5.63. The zero-order valence-electron chi connectivity index (χ0n) is 20.5. The minimum absolute atomic E-state index is 0.0113. The first-order valence-electron chi connectivity index (χ1n) is 11.2. The fourth-order valence-electron chi connectivity index (χ4n) is 3.38. The third kappa shape index (κ3) is 8.77. The van der Waals surface area contributed by atoms with Gasteiger partial charge in [0.05, 0.1) is 24.9 Å². The minimum Gasteiger partial charge on any atom is -0.494 e. The van der Waals surface area contributed by atoms with Crippen LogP contribution < -0.4 is 37.9 Å². The fourth-order valence-corrected chi connectivity index (χ4v) is 3.56. The number of guanidine groups is 1. The molecule has 0 aliphatic heterocycles. The van der Waals surface area contributed by atoms with Crippen molar-refractivity contribution in [3.8, 4) is 5.75 Å². The van der Waals surface area contributed by atoms with Gasteiger partial charge in [0.2, 0.25) is 5.96 Å². The highest BCUT2D eigenvalue weighted by molar-refractivity contribution is 6.30. The van der Waals surface area contributed by atoms with Gasteiger partial charge in [-0.2, -0.15) is 18.2 Å². The number of aliphatic imine (C=N–C) groups is 1. The Bertz CT molecular complexity index is 1140. The molecule has 0 radical (unpaired) electrons. The number of hydrogen-bond acceptors (Lipinski definition) is 6. The van der Waals surface area contributed by atoms with Gasteiger partial charge in [0, 0.05) is 17.6 Å². The number of alkyl halides is 3. The van der Waals surface area contributed by atoms with E-state index in [4.69, 9.17) is 33.5 Å². The van der Waals surface area contributed by atoms with Crippen LogP contribution >= 0.6 is 11.6 Å². The number of nitrogens with zero attached hydrogens (tertiary/aromatic N) is 1. The molecule has 0 saturated heterocycles. The van der Waals surface area contributed by atoms with Gasteiger partial charge in [0.1, 0.15) is 11.9 Å². The quantitative estimate of drug-likeness (QED) is 0.111. The first-order chi connectivity index (χ1) is 17.8. The topological polar surface area (TPSA) is 153 Å². The Morgan fingerprint density at radius 3 is 2.37 bits per heavy atom. The molecule has 0 saturated carbocycles. The van der Waals surface area contributed by atoms with Crippen LogP contribution in [-0.2, 0) is 4.79 Å². The van der Waals surface area contributed by atoms with E-state index in [1.807, 2.05) is 0 Å². The summed E-state index contributed by atoms with van der Waals surface area (Å²) in [6, 6.07) is 4.19. The normalized spacial score (nSPS) is 15.4. The molecular weight excluding hydrogens is 537 g/mol. The van der Waals surface area contributed by atoms with Gasteiger partial charge >= 0.3 is 6.18 Å². The van der Waals surface area contributed by atoms with Crippen molar-refractivity contribution in [2.24, 2.45) is 28.1 Å². The maximum absolute atomic E-state index is 14.3. The van der Waals surface area contributed by atoms with Gasteiger partial charge in [-0.3, -0.25) is 4.79 Å². The van der Waals surface area contributed by atoms with Crippen LogP contribution in [0.1, 0.15) is 18.0 Å². The Morgan fingerprint density at radius 2 is 1.79 bits per heavy atom. The smallest absolute Gasteiger partial charge is 0.404 e. The number of ether oxygens (including phenoxy) is 1. The van der Waals surface area contributed by atoms with Gasteiger partial charge in [0.15, 0.2) is 11.6 Å². The summed E-state index contributed by atoms with van der Waals surface area (Å²) in [6.07, 6.45) is -6.01. The standard InChI is InChI=1S/C23H29ClF5N7O2/c1-33-10-13(20(32)23(27,28)29)21(37)36-22(34-17-8-12(24)4-5-14(17)25)35-19(31)9-16(30)11-3-6-18(38-2)15(26)7-11/h3-8,13,16,19-20,33H,9-10,30-32H2,1-2H3,(H2,34,35,36,37). The van der Waals surface area contributed by atoms with Gasteiger partial charge in [0.25, 0.3) is 5.91 Å². The largest absolute Gasteiger partial charge is 0.494 e. The third-order valence-electron chi connectivity index (χ3n) is 5.39. The summed E-state index contributed by atoms with van der Waals surface area (Å²) in [6.45, 7) is -0.443. The number of carbonyl (C=O) groups excluding carboxylic acids is 1. The number of nitrogens with one attached hydrogen (secondary N) is 3. The van der Waals surface area contributed by atoms with Gasteiger partial charge in [-0.1, -0.05) is 17.7 Å². The van der Waals surface area contributed by atoms with E-state index in [0.717, 1.165) is 12.1 Å². The number of hydrogen-bond donors (Lipinski definition) is 6. The minimum atomic E-state index is -4.89. The maximum Gasteiger partial charge on any atom is 0.404 e. The number of carbonyl (C=O) groups is 1. The van der Waals surface area contributed by atoms with Crippen molar-refractivity contribution in [1.82, 2.24) is 10.6 Å². The highest BCUT2D eigenvalue weighted by atomic mass is 35.5. The van der Waals surface area contributed by atoms with Crippen LogP contribution in [0.25, 0.3) is 0 Å². The van der Waals surface area contributed by atoms with E-state index in [0.29, 0.717) is 5.56 Å². The van der Waals surface area contributed by atoms with Crippen molar-refractivity contribution >= 4 is 29.2 Å². The Labute approximate surface area is 220 Å². The van der Waals surface area contributed by atoms with Gasteiger partial charge in [-0.05, 0) is 49.4 Å². The molecule has 1 amide bonds. The molecule has 0 spiro atoms. The van der Waals surface area contributed by atoms with Crippen molar-refractivity contribution in [1.29, 1.82) is 0 Å². The molecule has 4 unspecified atom stereocenters. The molecule has 9 N–H and O–H groups in total. The van der Waals surface area contributed by atoms with E-state index >= 15 is 0 Å². The molecular formula is C23H29ClF5N7O2. The van der Waals surface area contributed by atoms with Crippen LogP contribution in [0.5, 0.6) is 5.75 Å². The van der Waals surface area contributed by atoms with Crippen molar-refractivity contribution in [3.63, 3.8) is 0 Å². The predicted molar refractivity (Wildman–Crippen MR) is 135 cm³/mol. The lowest BCUT2D eigenvalue weighted by Crippen LogP contribution is -2.51. The second-order valence-corrected chi connectivity index (χ2v) is 8.70. The number of methoxy groups -OCH3 is 1. The van der Waals surface area contributed by atoms with Crippen LogP contribution in [0.3, 0.4) is 0 Å². The molecule has 2 rings (SSSR count). The summed E-state index contributed by atoms with van der Waals surface area (Å²) in [7, 11) is 2.64. The average Bonchev–Trinajstić information content (AvgIpc) is 2.83. The van der Waals surface area contributed by atoms with Crippen LogP contribution in [0.4, 0.5) is 27.6 Å². The number of amides is 1. The molecule has 15 heteroatoms. The number of halogens is 6. The van der Waals surface area contributed by atoms with Crippen LogP contribution in [0.15, 0.2) is 41.4 Å². The average molecular weight is 566 g/mol. The Morgan fingerprint density at radius 1 is 1.11 bits per heavy atom. The highest BCUT2D eigenvalue weighted by Gasteiger charge is 2.44. The predicted octanol–water partition coefficient (Wildman–Crippen LogP) is 2.61. The Hall–Kier alpha value is -3.04. The molecule has 0 bridgehead atoms. The van der Waals surface area contributed by atoms with Gasteiger partial charge < -0.3 is 37.9 Å². The monoisotopic (exact) mass is 565 g/mol. The number of anilines is 1. The molecule has 2 aromatic rings. The molecule has 0 heterocycles. The summed E-state index contributed by atoms with van der Waals surface area (Å²) in [4.78, 5) is 16.5. The maximum atomic E-state index is 14.3. The second-order valence-electron chi connectivity index (χ2n) is 8.27. The van der Waals surface area contributed by atoms with Gasteiger partial charge in [-0.15, -0.1) is 0 Å². The second kappa shape index (κ2) is 13.7. The Balaban J connectivity index is 2.33. The van der Waals surface area contributed by atoms with E-state index in [-0.39, 0.29) is 22.9 Å². The Kier molecular flexibility index (Phi) is 11.2. The molecule has 0 fully saturated rings. The van der Waals surface area contributed by atoms with Crippen molar-refractivity contribution in [3.05, 3.63) is 58.6 Å². The molecule has 210 valence electrons. The number of rotatable bonds is 10. The number of nitrogens with two attached hydrogens (primary N) is 3. The molecule has 4 atom stereocenters. The number of benzene rings is 2. The van der Waals surface area contributed by atoms with Crippen molar-refractivity contribution in [2.75, 3.05) is 26.0 Å². The molecule has 2 aromatic carbocycles. The molecule has 0 aromatic heterocycles.